The number of carboxylic acids is 1. The van der Waals surface area contributed by atoms with Gasteiger partial charge in [-0.05, 0) is 57.4 Å². The Labute approximate surface area is 283 Å². The quantitative estimate of drug-likeness (QED) is 0.0817. The topological polar surface area (TPSA) is 229 Å². The third-order valence-electron chi connectivity index (χ3n) is 7.95. The predicted molar refractivity (Wildman–Crippen MR) is 175 cm³/mol. The number of carbonyl (C=O) groups is 6. The van der Waals surface area contributed by atoms with Gasteiger partial charge in [0.15, 0.2) is 0 Å². The van der Waals surface area contributed by atoms with E-state index in [-0.39, 0.29) is 74.1 Å². The summed E-state index contributed by atoms with van der Waals surface area (Å²) in [5.41, 5.74) is 0.0447. The Hall–Kier alpha value is -4.60. The van der Waals surface area contributed by atoms with Crippen molar-refractivity contribution in [1.82, 2.24) is 10.2 Å². The summed E-state index contributed by atoms with van der Waals surface area (Å²) in [6, 6.07) is 4.63. The first kappa shape index (κ1) is 38.8. The number of ether oxygens (including phenoxy) is 2. The van der Waals surface area contributed by atoms with Crippen molar-refractivity contribution in [3.8, 4) is 5.75 Å². The van der Waals surface area contributed by atoms with E-state index in [1.807, 2.05) is 0 Å². The summed E-state index contributed by atoms with van der Waals surface area (Å²) in [6.45, 7) is 5.48. The van der Waals surface area contributed by atoms with Gasteiger partial charge in [0.1, 0.15) is 30.7 Å². The Morgan fingerprint density at radius 3 is 2.29 bits per heavy atom. The fourth-order valence-corrected chi connectivity index (χ4v) is 5.09. The minimum Gasteiger partial charge on any atom is -0.485 e. The number of anilines is 1. The second-order valence-electron chi connectivity index (χ2n) is 12.9. The van der Waals surface area contributed by atoms with Gasteiger partial charge in [-0.15, -0.1) is 0 Å². The minimum atomic E-state index is -1.78. The molecule has 2 aliphatic rings. The molecule has 0 bridgehead atoms. The third-order valence-corrected chi connectivity index (χ3v) is 7.95. The smallest absolute Gasteiger partial charge is 0.311 e. The van der Waals surface area contributed by atoms with Gasteiger partial charge in [0.05, 0.1) is 23.1 Å². The number of nitrogens with one attached hydrogen (secondary N) is 2. The predicted octanol–water partition coefficient (Wildman–Crippen LogP) is 1.15. The maximum atomic E-state index is 12.9. The van der Waals surface area contributed by atoms with Crippen LogP contribution >= 0.6 is 0 Å². The van der Waals surface area contributed by atoms with Gasteiger partial charge in [0.2, 0.25) is 11.8 Å². The number of amides is 4. The molecule has 0 spiro atoms. The normalized spacial score (nSPS) is 22.3. The number of aliphatic carboxylic acids is 1. The van der Waals surface area contributed by atoms with Crippen LogP contribution in [0.5, 0.6) is 5.75 Å². The van der Waals surface area contributed by atoms with Gasteiger partial charge in [-0.1, -0.05) is 18.6 Å². The highest BCUT2D eigenvalue weighted by molar-refractivity contribution is 6.12. The van der Waals surface area contributed by atoms with Crippen LogP contribution in [0.4, 0.5) is 5.69 Å². The summed E-state index contributed by atoms with van der Waals surface area (Å²) in [4.78, 5) is 73.2. The first-order valence-electron chi connectivity index (χ1n) is 16.1. The summed E-state index contributed by atoms with van der Waals surface area (Å²) < 4.78 is 11.1. The van der Waals surface area contributed by atoms with Gasteiger partial charge < -0.3 is 40.5 Å². The highest BCUT2D eigenvalue weighted by atomic mass is 16.5. The van der Waals surface area contributed by atoms with E-state index in [0.29, 0.717) is 24.8 Å². The van der Waals surface area contributed by atoms with Crippen LogP contribution in [-0.4, -0.2) is 105 Å². The lowest BCUT2D eigenvalue weighted by Crippen LogP contribution is -2.57. The van der Waals surface area contributed by atoms with Crippen LogP contribution in [-0.2, 0) is 33.5 Å². The van der Waals surface area contributed by atoms with Crippen LogP contribution in [0.1, 0.15) is 64.9 Å². The van der Waals surface area contributed by atoms with E-state index in [0.717, 1.165) is 4.90 Å². The maximum Gasteiger partial charge on any atom is 0.311 e. The first-order valence-corrected chi connectivity index (χ1v) is 16.1. The van der Waals surface area contributed by atoms with Gasteiger partial charge >= 0.3 is 11.9 Å². The van der Waals surface area contributed by atoms with Gasteiger partial charge in [-0.3, -0.25) is 33.7 Å². The lowest BCUT2D eigenvalue weighted by Gasteiger charge is -2.38. The standard InChI is InChI=1S/C34H45N3O12/c1-34(2,3)33(47)48-17-7-8-20-10-11-23(49-24-19-21(32(45)46)29(42)31(44)30(24)43)22(18-20)36-26(39)14-15-35-25(38)9-5-4-6-16-37-27(40)12-13-28(37)41/h7-8,10-13,18,21,24,29-31,42-44H,4-6,9,14-17,19H2,1-3H3,(H,35,38)(H,36,39)(H,45,46)/b8-7+/t21-,24+,29+,30-,31-/m0/s1. The molecular formula is C34H45N3O12. The highest BCUT2D eigenvalue weighted by Crippen LogP contribution is 2.33. The molecule has 4 amide bonds. The van der Waals surface area contributed by atoms with E-state index in [1.54, 1.807) is 45.1 Å². The molecule has 15 nitrogen and oxygen atoms in total. The third kappa shape index (κ3) is 11.5. The molecule has 1 aromatic carbocycles. The van der Waals surface area contributed by atoms with E-state index < -0.39 is 47.6 Å². The zero-order valence-electron chi connectivity index (χ0n) is 27.8. The van der Waals surface area contributed by atoms with Crippen molar-refractivity contribution >= 4 is 47.3 Å². The largest absolute Gasteiger partial charge is 0.485 e. The van der Waals surface area contributed by atoms with Crippen LogP contribution in [0, 0.1) is 11.3 Å². The summed E-state index contributed by atoms with van der Waals surface area (Å²) in [7, 11) is 0. The van der Waals surface area contributed by atoms with Crippen molar-refractivity contribution < 1.29 is 58.7 Å². The number of unbranched alkanes of at least 4 members (excludes halogenated alkanes) is 2. The number of carboxylic acid groups (broad SMARTS) is 1. The molecule has 0 radical (unpaired) electrons. The molecule has 1 fully saturated rings. The summed E-state index contributed by atoms with van der Waals surface area (Å²) in [6.07, 6.45) is 0.813. The number of aliphatic hydroxyl groups excluding tert-OH is 3. The fraction of sp³-hybridized carbons (Fsp3) is 0.529. The van der Waals surface area contributed by atoms with E-state index in [1.165, 1.54) is 18.2 Å². The van der Waals surface area contributed by atoms with Crippen LogP contribution < -0.4 is 15.4 Å². The molecule has 1 aliphatic heterocycles. The Morgan fingerprint density at radius 1 is 0.939 bits per heavy atom. The fourth-order valence-electron chi connectivity index (χ4n) is 5.09. The molecule has 1 heterocycles. The molecule has 1 aromatic rings. The molecule has 0 saturated heterocycles. The van der Waals surface area contributed by atoms with Gasteiger partial charge in [-0.2, -0.15) is 0 Å². The van der Waals surface area contributed by atoms with Crippen LogP contribution in [0.2, 0.25) is 0 Å². The van der Waals surface area contributed by atoms with Crippen molar-refractivity contribution in [3.63, 3.8) is 0 Å². The lowest BCUT2D eigenvalue weighted by atomic mass is 9.80. The molecule has 49 heavy (non-hydrogen) atoms. The van der Waals surface area contributed by atoms with Gasteiger partial charge in [0, 0.05) is 44.5 Å². The summed E-state index contributed by atoms with van der Waals surface area (Å²) in [5, 5.41) is 45.7. The second kappa shape index (κ2) is 17.7. The van der Waals surface area contributed by atoms with Crippen LogP contribution in [0.15, 0.2) is 36.4 Å². The maximum absolute atomic E-state index is 12.9. The molecule has 6 N–H and O–H groups in total. The number of nitrogens with zero attached hydrogens (tertiary/aromatic N) is 1. The van der Waals surface area contributed by atoms with E-state index in [2.05, 4.69) is 10.6 Å². The molecule has 0 aromatic heterocycles. The zero-order chi connectivity index (χ0) is 36.3. The van der Waals surface area contributed by atoms with Gasteiger partial charge in [0.25, 0.3) is 11.8 Å². The van der Waals surface area contributed by atoms with Crippen LogP contribution in [0.25, 0.3) is 6.08 Å². The Balaban J connectivity index is 1.58. The molecule has 3 rings (SSSR count). The number of imide groups is 1. The number of esters is 1. The van der Waals surface area contributed by atoms with Crippen molar-refractivity contribution in [1.29, 1.82) is 0 Å². The average molecular weight is 688 g/mol. The first-order chi connectivity index (χ1) is 23.1. The zero-order valence-corrected chi connectivity index (χ0v) is 27.8. The molecule has 1 saturated carbocycles. The average Bonchev–Trinajstić information content (AvgIpc) is 3.35. The monoisotopic (exact) mass is 687 g/mol. The van der Waals surface area contributed by atoms with E-state index in [4.69, 9.17) is 9.47 Å². The molecule has 5 atom stereocenters. The number of benzene rings is 1. The number of rotatable bonds is 16. The Kier molecular flexibility index (Phi) is 14.0. The molecular weight excluding hydrogens is 642 g/mol. The van der Waals surface area contributed by atoms with Crippen molar-refractivity contribution in [2.24, 2.45) is 11.3 Å². The Bertz CT molecular complexity index is 1430. The van der Waals surface area contributed by atoms with Gasteiger partial charge in [-0.25, -0.2) is 0 Å². The molecule has 1 aliphatic carbocycles. The number of hydrogen-bond donors (Lipinski definition) is 6. The summed E-state index contributed by atoms with van der Waals surface area (Å²) in [5.74, 6) is -4.57. The molecule has 15 heteroatoms. The highest BCUT2D eigenvalue weighted by Gasteiger charge is 2.47. The Morgan fingerprint density at radius 2 is 1.63 bits per heavy atom. The number of carbonyl (C=O) groups excluding carboxylic acids is 5. The summed E-state index contributed by atoms with van der Waals surface area (Å²) >= 11 is 0. The van der Waals surface area contributed by atoms with E-state index >= 15 is 0 Å². The molecule has 0 unspecified atom stereocenters. The van der Waals surface area contributed by atoms with Crippen LogP contribution in [0.3, 0.4) is 0 Å². The van der Waals surface area contributed by atoms with E-state index in [9.17, 15) is 49.2 Å². The number of hydrogen-bond acceptors (Lipinski definition) is 11. The van der Waals surface area contributed by atoms with Crippen molar-refractivity contribution in [2.75, 3.05) is 25.0 Å². The number of aliphatic hydroxyl groups is 3. The minimum absolute atomic E-state index is 0.00389. The van der Waals surface area contributed by atoms with Crippen molar-refractivity contribution in [3.05, 3.63) is 42.0 Å². The van der Waals surface area contributed by atoms with Crippen molar-refractivity contribution in [2.45, 2.75) is 83.7 Å². The SMILES string of the molecule is CC(C)(C)C(=O)OC/C=C/c1ccc(O[C@@H]2C[C@H](C(=O)O)[C@@H](O)[C@H](O)[C@H]2O)c(NC(=O)CCNC(=O)CCCCCN2C(=O)C=CC2=O)c1. The molecule has 268 valence electrons. The second-order valence-corrected chi connectivity index (χ2v) is 12.9. The lowest BCUT2D eigenvalue weighted by molar-refractivity contribution is -0.174.